The quantitative estimate of drug-likeness (QED) is 0.615. The average Bonchev–Trinajstić information content (AvgIpc) is 2.76. The zero-order valence-corrected chi connectivity index (χ0v) is 18.8. The van der Waals surface area contributed by atoms with Crippen LogP contribution in [0.15, 0.2) is 46.5 Å². The minimum Gasteiger partial charge on any atom is -0.493 e. The molecule has 0 aromatic heterocycles. The molecule has 3 rings (SSSR count). The van der Waals surface area contributed by atoms with Gasteiger partial charge >= 0.3 is 0 Å². The number of amidine groups is 1. The molecule has 0 unspecified atom stereocenters. The van der Waals surface area contributed by atoms with Gasteiger partial charge in [-0.05, 0) is 37.4 Å². The van der Waals surface area contributed by atoms with Crippen LogP contribution in [0.4, 0.5) is 5.69 Å². The maximum absolute atomic E-state index is 12.9. The van der Waals surface area contributed by atoms with Crippen LogP contribution in [0.3, 0.4) is 0 Å². The minimum atomic E-state index is -3.58. The average molecular weight is 449 g/mol. The number of anilines is 1. The zero-order chi connectivity index (χ0) is 22.4. The molecule has 2 aliphatic heterocycles. The summed E-state index contributed by atoms with van der Waals surface area (Å²) in [4.78, 5) is 16.8. The van der Waals surface area contributed by atoms with Crippen LogP contribution in [0.5, 0.6) is 11.5 Å². The van der Waals surface area contributed by atoms with E-state index in [4.69, 9.17) is 9.47 Å². The van der Waals surface area contributed by atoms with Gasteiger partial charge in [0.1, 0.15) is 6.61 Å². The molecule has 2 aliphatic rings. The lowest BCUT2D eigenvalue weighted by atomic mass is 10.1. The standard InChI is InChI=1S/C21H28N4O5S/c1-4-24(5-2)11-13-30-19-15-16(8-9-18(19)29-3)22-21(26)17-7-6-10-25-12-14-31(27,28)23-20(17)25/h6-10,15H,4-5,11-14H2,1-3H3,(H,22,26). The van der Waals surface area contributed by atoms with Gasteiger partial charge in [0.2, 0.25) is 0 Å². The Morgan fingerprint density at radius 1 is 1.26 bits per heavy atom. The normalized spacial score (nSPS) is 17.0. The summed E-state index contributed by atoms with van der Waals surface area (Å²) in [6.45, 7) is 7.58. The number of ether oxygens (including phenoxy) is 2. The monoisotopic (exact) mass is 448 g/mol. The van der Waals surface area contributed by atoms with Gasteiger partial charge in [-0.3, -0.25) is 4.79 Å². The molecule has 168 valence electrons. The fourth-order valence-electron chi connectivity index (χ4n) is 3.28. The third kappa shape index (κ3) is 5.65. The number of benzene rings is 1. The van der Waals surface area contributed by atoms with Crippen molar-refractivity contribution >= 4 is 27.5 Å². The molecular weight excluding hydrogens is 420 g/mol. The summed E-state index contributed by atoms with van der Waals surface area (Å²) in [5, 5.41) is 2.80. The molecule has 10 heteroatoms. The van der Waals surface area contributed by atoms with Gasteiger partial charge in [-0.1, -0.05) is 13.8 Å². The zero-order valence-electron chi connectivity index (χ0n) is 18.0. The summed E-state index contributed by atoms with van der Waals surface area (Å²) in [6, 6.07) is 5.10. The molecular formula is C21H28N4O5S. The highest BCUT2D eigenvalue weighted by molar-refractivity contribution is 7.90. The first kappa shape index (κ1) is 22.8. The predicted octanol–water partition coefficient (Wildman–Crippen LogP) is 1.85. The Hall–Kier alpha value is -2.85. The Kier molecular flexibility index (Phi) is 7.34. The van der Waals surface area contributed by atoms with Crippen molar-refractivity contribution in [1.29, 1.82) is 0 Å². The third-order valence-corrected chi connectivity index (χ3v) is 6.23. The second kappa shape index (κ2) is 9.97. The van der Waals surface area contributed by atoms with Crippen LogP contribution in [0.1, 0.15) is 13.8 Å². The Labute approximate surface area is 183 Å². The SMILES string of the molecule is CCN(CC)CCOc1cc(NC(=O)C2=CC=CN3CCS(=O)(=O)N=C23)ccc1OC. The highest BCUT2D eigenvalue weighted by Crippen LogP contribution is 2.30. The van der Waals surface area contributed by atoms with E-state index in [1.165, 1.54) is 0 Å². The van der Waals surface area contributed by atoms with Crippen LogP contribution in [0.2, 0.25) is 0 Å². The van der Waals surface area contributed by atoms with Gasteiger partial charge < -0.3 is 24.6 Å². The van der Waals surface area contributed by atoms with Gasteiger partial charge in [0.15, 0.2) is 17.3 Å². The largest absolute Gasteiger partial charge is 0.493 e. The number of nitrogens with one attached hydrogen (secondary N) is 1. The highest BCUT2D eigenvalue weighted by atomic mass is 32.2. The van der Waals surface area contributed by atoms with Crippen molar-refractivity contribution in [2.24, 2.45) is 4.40 Å². The molecule has 0 fully saturated rings. The molecule has 0 spiro atoms. The summed E-state index contributed by atoms with van der Waals surface area (Å²) in [5.74, 6) is 0.679. The molecule has 1 amide bonds. The first-order valence-electron chi connectivity index (χ1n) is 10.2. The van der Waals surface area contributed by atoms with Crippen LogP contribution in [-0.2, 0) is 14.8 Å². The highest BCUT2D eigenvalue weighted by Gasteiger charge is 2.30. The van der Waals surface area contributed by atoms with Gasteiger partial charge in [0.05, 0.1) is 18.4 Å². The first-order valence-corrected chi connectivity index (χ1v) is 11.8. The van der Waals surface area contributed by atoms with Crippen molar-refractivity contribution < 1.29 is 22.7 Å². The smallest absolute Gasteiger partial charge is 0.259 e. The number of nitrogens with zero attached hydrogens (tertiary/aromatic N) is 3. The molecule has 31 heavy (non-hydrogen) atoms. The third-order valence-electron chi connectivity index (χ3n) is 5.08. The summed E-state index contributed by atoms with van der Waals surface area (Å²) in [7, 11) is -2.02. The number of rotatable bonds is 9. The van der Waals surface area contributed by atoms with Crippen molar-refractivity contribution in [3.63, 3.8) is 0 Å². The lowest BCUT2D eigenvalue weighted by Crippen LogP contribution is -2.40. The van der Waals surface area contributed by atoms with Crippen molar-refractivity contribution in [2.45, 2.75) is 13.8 Å². The summed E-state index contributed by atoms with van der Waals surface area (Å²) in [6.07, 6.45) is 4.96. The van der Waals surface area contributed by atoms with E-state index in [1.807, 2.05) is 0 Å². The first-order chi connectivity index (χ1) is 14.9. The molecule has 0 atom stereocenters. The molecule has 0 bridgehead atoms. The van der Waals surface area contributed by atoms with E-state index < -0.39 is 15.9 Å². The van der Waals surface area contributed by atoms with Gasteiger partial charge in [-0.25, -0.2) is 8.42 Å². The molecule has 1 N–H and O–H groups in total. The van der Waals surface area contributed by atoms with Crippen LogP contribution < -0.4 is 14.8 Å². The Morgan fingerprint density at radius 3 is 2.74 bits per heavy atom. The van der Waals surface area contributed by atoms with Gasteiger partial charge in [0.25, 0.3) is 15.9 Å². The number of carbonyl (C=O) groups excluding carboxylic acids is 1. The van der Waals surface area contributed by atoms with Crippen molar-refractivity contribution in [1.82, 2.24) is 9.80 Å². The van der Waals surface area contributed by atoms with E-state index in [1.54, 1.807) is 48.6 Å². The van der Waals surface area contributed by atoms with Gasteiger partial charge in [-0.2, -0.15) is 0 Å². The molecule has 1 aromatic carbocycles. The molecule has 0 aliphatic carbocycles. The number of methoxy groups -OCH3 is 1. The van der Waals surface area contributed by atoms with Crippen molar-refractivity contribution in [3.05, 3.63) is 42.1 Å². The van der Waals surface area contributed by atoms with E-state index in [0.29, 0.717) is 23.8 Å². The van der Waals surface area contributed by atoms with Crippen molar-refractivity contribution in [2.75, 3.05) is 51.0 Å². The Bertz CT molecular complexity index is 1010. The molecule has 2 heterocycles. The van der Waals surface area contributed by atoms with E-state index >= 15 is 0 Å². The maximum atomic E-state index is 12.9. The number of allylic oxidation sites excluding steroid dienone is 2. The topological polar surface area (TPSA) is 101 Å². The number of hydrogen-bond acceptors (Lipinski definition) is 7. The Balaban J connectivity index is 1.74. The predicted molar refractivity (Wildman–Crippen MR) is 120 cm³/mol. The van der Waals surface area contributed by atoms with Gasteiger partial charge in [-0.15, -0.1) is 4.40 Å². The van der Waals surface area contributed by atoms with E-state index in [0.717, 1.165) is 19.6 Å². The number of carbonyl (C=O) groups is 1. The fraction of sp³-hybridized carbons (Fsp3) is 0.429. The second-order valence-electron chi connectivity index (χ2n) is 7.01. The van der Waals surface area contributed by atoms with E-state index in [9.17, 15) is 13.2 Å². The molecule has 1 aromatic rings. The second-order valence-corrected chi connectivity index (χ2v) is 8.77. The lowest BCUT2D eigenvalue weighted by Gasteiger charge is -2.28. The summed E-state index contributed by atoms with van der Waals surface area (Å²) >= 11 is 0. The van der Waals surface area contributed by atoms with E-state index in [2.05, 4.69) is 28.5 Å². The number of amides is 1. The number of fused-ring (bicyclic) bond motifs is 1. The van der Waals surface area contributed by atoms with Crippen LogP contribution in [0.25, 0.3) is 0 Å². The molecule has 0 saturated heterocycles. The molecule has 9 nitrogen and oxygen atoms in total. The minimum absolute atomic E-state index is 0.0809. The van der Waals surface area contributed by atoms with Gasteiger partial charge in [0, 0.05) is 31.0 Å². The summed E-state index contributed by atoms with van der Waals surface area (Å²) < 4.78 is 38.8. The number of sulfonamides is 1. The van der Waals surface area contributed by atoms with Crippen LogP contribution >= 0.6 is 0 Å². The summed E-state index contributed by atoms with van der Waals surface area (Å²) in [5.41, 5.74) is 0.690. The molecule has 0 radical (unpaired) electrons. The maximum Gasteiger partial charge on any atom is 0.259 e. The van der Waals surface area contributed by atoms with E-state index in [-0.39, 0.29) is 23.7 Å². The van der Waals surface area contributed by atoms with Crippen LogP contribution in [0, 0.1) is 0 Å². The van der Waals surface area contributed by atoms with Crippen molar-refractivity contribution in [3.8, 4) is 11.5 Å². The number of likely N-dealkylation sites (N-methyl/N-ethyl adjacent to an activating group) is 1. The van der Waals surface area contributed by atoms with Crippen LogP contribution in [-0.4, -0.2) is 75.6 Å². The number of hydrogen-bond donors (Lipinski definition) is 1. The fourth-order valence-corrected chi connectivity index (χ4v) is 4.27. The Morgan fingerprint density at radius 2 is 2.03 bits per heavy atom. The molecule has 0 saturated carbocycles. The lowest BCUT2D eigenvalue weighted by molar-refractivity contribution is -0.112.